The molecule has 1 atom stereocenters. The fraction of sp³-hybridized carbons (Fsp3) is 0.647. The van der Waals surface area contributed by atoms with Gasteiger partial charge < -0.3 is 15.3 Å². The predicted molar refractivity (Wildman–Crippen MR) is 83.7 cm³/mol. The lowest BCUT2D eigenvalue weighted by molar-refractivity contribution is 0.0892. The van der Waals surface area contributed by atoms with E-state index in [0.717, 1.165) is 44.2 Å². The van der Waals surface area contributed by atoms with Crippen LogP contribution in [0, 0.1) is 5.92 Å². The average molecular weight is 276 g/mol. The molecule has 1 fully saturated rings. The van der Waals surface area contributed by atoms with Crippen LogP contribution in [-0.4, -0.2) is 42.7 Å². The fourth-order valence-corrected chi connectivity index (χ4v) is 2.88. The minimum Gasteiger partial charge on any atom is -0.387 e. The summed E-state index contributed by atoms with van der Waals surface area (Å²) in [5.74, 6) is 0.812. The third kappa shape index (κ3) is 4.89. The summed E-state index contributed by atoms with van der Waals surface area (Å²) in [6.45, 7) is 7.49. The van der Waals surface area contributed by atoms with Gasteiger partial charge in [-0.3, -0.25) is 0 Å². The molecule has 3 nitrogen and oxygen atoms in total. The van der Waals surface area contributed by atoms with Crippen molar-refractivity contribution in [3.05, 3.63) is 35.9 Å². The molecule has 1 heterocycles. The second-order valence-electron chi connectivity index (χ2n) is 5.87. The van der Waals surface area contributed by atoms with Crippen LogP contribution < -0.4 is 5.32 Å². The topological polar surface area (TPSA) is 35.5 Å². The molecule has 0 saturated carbocycles. The van der Waals surface area contributed by atoms with Gasteiger partial charge in [0.25, 0.3) is 0 Å². The molecule has 1 aliphatic heterocycles. The van der Waals surface area contributed by atoms with E-state index in [-0.39, 0.29) is 6.10 Å². The molecule has 1 aliphatic rings. The first kappa shape index (κ1) is 15.5. The number of aliphatic hydroxyl groups is 1. The highest BCUT2D eigenvalue weighted by Crippen LogP contribution is 2.20. The first-order chi connectivity index (χ1) is 9.79. The first-order valence-electron chi connectivity index (χ1n) is 7.95. The molecule has 0 aromatic heterocycles. The SMILES string of the molecule is CCCNCC1CCN(CC(O)c2ccccc2)CC1. The van der Waals surface area contributed by atoms with E-state index in [9.17, 15) is 5.11 Å². The van der Waals surface area contributed by atoms with Crippen LogP contribution in [0.25, 0.3) is 0 Å². The minimum absolute atomic E-state index is 0.356. The minimum atomic E-state index is -0.356. The number of β-amino-alcohol motifs (C(OH)–C–C–N with tert-alkyl or cyclic N) is 1. The fourth-order valence-electron chi connectivity index (χ4n) is 2.88. The Labute approximate surface area is 123 Å². The summed E-state index contributed by atoms with van der Waals surface area (Å²) < 4.78 is 0. The Balaban J connectivity index is 1.69. The van der Waals surface area contributed by atoms with E-state index in [0.29, 0.717) is 0 Å². The quantitative estimate of drug-likeness (QED) is 0.751. The van der Waals surface area contributed by atoms with E-state index < -0.39 is 0 Å². The second-order valence-corrected chi connectivity index (χ2v) is 5.87. The van der Waals surface area contributed by atoms with Gasteiger partial charge in [0.05, 0.1) is 6.10 Å². The highest BCUT2D eigenvalue weighted by Gasteiger charge is 2.21. The highest BCUT2D eigenvalue weighted by molar-refractivity contribution is 5.17. The van der Waals surface area contributed by atoms with Gasteiger partial charge in [-0.1, -0.05) is 37.3 Å². The van der Waals surface area contributed by atoms with E-state index in [2.05, 4.69) is 17.1 Å². The van der Waals surface area contributed by atoms with Crippen molar-refractivity contribution in [3.63, 3.8) is 0 Å². The summed E-state index contributed by atoms with van der Waals surface area (Å²) >= 11 is 0. The monoisotopic (exact) mass is 276 g/mol. The van der Waals surface area contributed by atoms with Gasteiger partial charge in [0.1, 0.15) is 0 Å². The molecule has 1 saturated heterocycles. The third-order valence-corrected chi connectivity index (χ3v) is 4.18. The maximum atomic E-state index is 10.3. The van der Waals surface area contributed by atoms with Crippen molar-refractivity contribution < 1.29 is 5.11 Å². The molecule has 2 N–H and O–H groups in total. The summed E-state index contributed by atoms with van der Waals surface area (Å²) in [4.78, 5) is 2.40. The van der Waals surface area contributed by atoms with E-state index in [1.54, 1.807) is 0 Å². The lowest BCUT2D eigenvalue weighted by atomic mass is 9.96. The van der Waals surface area contributed by atoms with Crippen LogP contribution in [-0.2, 0) is 0 Å². The van der Waals surface area contributed by atoms with Crippen LogP contribution in [0.1, 0.15) is 37.9 Å². The van der Waals surface area contributed by atoms with Gasteiger partial charge in [0, 0.05) is 6.54 Å². The Bertz CT molecular complexity index is 361. The summed E-state index contributed by atoms with van der Waals surface area (Å²) in [5.41, 5.74) is 1.03. The van der Waals surface area contributed by atoms with Gasteiger partial charge in [-0.2, -0.15) is 0 Å². The number of benzene rings is 1. The van der Waals surface area contributed by atoms with Gasteiger partial charge in [-0.15, -0.1) is 0 Å². The zero-order valence-electron chi connectivity index (χ0n) is 12.6. The molecule has 2 rings (SSSR count). The molecule has 1 aromatic rings. The molecular formula is C17H28N2O. The van der Waals surface area contributed by atoms with Crippen LogP contribution in [0.15, 0.2) is 30.3 Å². The van der Waals surface area contributed by atoms with Crippen molar-refractivity contribution in [1.29, 1.82) is 0 Å². The zero-order chi connectivity index (χ0) is 14.2. The van der Waals surface area contributed by atoms with Crippen LogP contribution in [0.4, 0.5) is 0 Å². The van der Waals surface area contributed by atoms with Crippen molar-refractivity contribution in [2.24, 2.45) is 5.92 Å². The van der Waals surface area contributed by atoms with E-state index in [1.165, 1.54) is 19.3 Å². The van der Waals surface area contributed by atoms with Gasteiger partial charge in [-0.05, 0) is 56.9 Å². The number of likely N-dealkylation sites (tertiary alicyclic amines) is 1. The largest absolute Gasteiger partial charge is 0.387 e. The van der Waals surface area contributed by atoms with Crippen molar-refractivity contribution in [2.45, 2.75) is 32.3 Å². The number of rotatable bonds is 7. The van der Waals surface area contributed by atoms with Crippen LogP contribution in [0.5, 0.6) is 0 Å². The molecule has 0 aliphatic carbocycles. The normalized spacial score (nSPS) is 19.1. The molecule has 112 valence electrons. The Hall–Kier alpha value is -0.900. The Morgan fingerprint density at radius 1 is 1.25 bits per heavy atom. The standard InChI is InChI=1S/C17H28N2O/c1-2-10-18-13-15-8-11-19(12-9-15)14-17(20)16-6-4-3-5-7-16/h3-7,15,17-18,20H,2,8-14H2,1H3. The lowest BCUT2D eigenvalue weighted by Gasteiger charge is -2.33. The molecule has 0 bridgehead atoms. The molecular weight excluding hydrogens is 248 g/mol. The summed E-state index contributed by atoms with van der Waals surface area (Å²) in [7, 11) is 0. The highest BCUT2D eigenvalue weighted by atomic mass is 16.3. The number of piperidine rings is 1. The van der Waals surface area contributed by atoms with Gasteiger partial charge in [0.2, 0.25) is 0 Å². The second kappa shape index (κ2) is 8.40. The zero-order valence-corrected chi connectivity index (χ0v) is 12.6. The maximum absolute atomic E-state index is 10.3. The molecule has 0 spiro atoms. The Morgan fingerprint density at radius 3 is 2.60 bits per heavy atom. The molecule has 20 heavy (non-hydrogen) atoms. The smallest absolute Gasteiger partial charge is 0.0916 e. The lowest BCUT2D eigenvalue weighted by Crippen LogP contribution is -2.39. The number of hydrogen-bond acceptors (Lipinski definition) is 3. The number of nitrogens with zero attached hydrogens (tertiary/aromatic N) is 1. The molecule has 1 aromatic carbocycles. The first-order valence-corrected chi connectivity index (χ1v) is 7.95. The third-order valence-electron chi connectivity index (χ3n) is 4.18. The molecule has 1 unspecified atom stereocenters. The summed E-state index contributed by atoms with van der Waals surface area (Å²) in [6.07, 6.45) is 3.35. The predicted octanol–water partition coefficient (Wildman–Crippen LogP) is 2.43. The van der Waals surface area contributed by atoms with Crippen molar-refractivity contribution in [2.75, 3.05) is 32.7 Å². The van der Waals surface area contributed by atoms with Gasteiger partial charge in [-0.25, -0.2) is 0 Å². The average Bonchev–Trinajstić information content (AvgIpc) is 2.50. The molecule has 3 heteroatoms. The van der Waals surface area contributed by atoms with E-state index in [4.69, 9.17) is 0 Å². The van der Waals surface area contributed by atoms with Gasteiger partial charge >= 0.3 is 0 Å². The molecule has 0 radical (unpaired) electrons. The number of hydrogen-bond donors (Lipinski definition) is 2. The van der Waals surface area contributed by atoms with Crippen molar-refractivity contribution in [1.82, 2.24) is 10.2 Å². The van der Waals surface area contributed by atoms with Crippen molar-refractivity contribution in [3.8, 4) is 0 Å². The number of nitrogens with one attached hydrogen (secondary N) is 1. The summed E-state index contributed by atoms with van der Waals surface area (Å²) in [5, 5.41) is 13.8. The summed E-state index contributed by atoms with van der Waals surface area (Å²) in [6, 6.07) is 9.98. The van der Waals surface area contributed by atoms with Gasteiger partial charge in [0.15, 0.2) is 0 Å². The Kier molecular flexibility index (Phi) is 6.51. The molecule has 0 amide bonds. The van der Waals surface area contributed by atoms with Crippen LogP contribution in [0.2, 0.25) is 0 Å². The number of aliphatic hydroxyl groups excluding tert-OH is 1. The van der Waals surface area contributed by atoms with Crippen LogP contribution in [0.3, 0.4) is 0 Å². The van der Waals surface area contributed by atoms with E-state index in [1.807, 2.05) is 30.3 Å². The van der Waals surface area contributed by atoms with E-state index >= 15 is 0 Å². The maximum Gasteiger partial charge on any atom is 0.0916 e. The van der Waals surface area contributed by atoms with Crippen molar-refractivity contribution >= 4 is 0 Å². The van der Waals surface area contributed by atoms with Crippen LogP contribution >= 0.6 is 0 Å². The Morgan fingerprint density at radius 2 is 1.95 bits per heavy atom.